The third kappa shape index (κ3) is 3.28. The second-order valence-corrected chi connectivity index (χ2v) is 6.07. The van der Waals surface area contributed by atoms with Crippen LogP contribution >= 0.6 is 11.3 Å². The van der Waals surface area contributed by atoms with Gasteiger partial charge in [-0.25, -0.2) is 9.78 Å². The van der Waals surface area contributed by atoms with Crippen LogP contribution in [0.1, 0.15) is 13.3 Å². The van der Waals surface area contributed by atoms with E-state index < -0.39 is 0 Å². The fraction of sp³-hybridized carbons (Fsp3) is 0.375. The smallest absolute Gasteiger partial charge is 0.322 e. The van der Waals surface area contributed by atoms with Gasteiger partial charge in [0.2, 0.25) is 0 Å². The Bertz CT molecular complexity index is 630. The number of benzene rings is 1. The Kier molecular flexibility index (Phi) is 4.70. The van der Waals surface area contributed by atoms with E-state index in [1.54, 1.807) is 17.5 Å². The average Bonchev–Trinajstić information content (AvgIpc) is 3.09. The molecule has 2 amide bonds. The molecule has 1 aromatic heterocycles. The number of amides is 2. The summed E-state index contributed by atoms with van der Waals surface area (Å²) in [5.41, 5.74) is 1.81. The quantitative estimate of drug-likeness (QED) is 0.943. The summed E-state index contributed by atoms with van der Waals surface area (Å²) >= 11 is 1.58. The Labute approximate surface area is 133 Å². The summed E-state index contributed by atoms with van der Waals surface area (Å²) in [6, 6.07) is 7.87. The second kappa shape index (κ2) is 6.89. The lowest BCUT2D eigenvalue weighted by Gasteiger charge is -2.35. The molecule has 0 saturated carbocycles. The van der Waals surface area contributed by atoms with Crippen LogP contribution in [0.2, 0.25) is 0 Å². The average molecular weight is 317 g/mol. The zero-order chi connectivity index (χ0) is 15.4. The number of ether oxygens (including phenoxy) is 1. The molecule has 1 N–H and O–H groups in total. The van der Waals surface area contributed by atoms with Gasteiger partial charge in [0.25, 0.3) is 0 Å². The topological polar surface area (TPSA) is 54.5 Å². The van der Waals surface area contributed by atoms with Crippen molar-refractivity contribution in [3.05, 3.63) is 35.8 Å². The molecule has 2 aromatic rings. The number of carbonyl (C=O) groups is 1. The number of urea groups is 1. The van der Waals surface area contributed by atoms with Crippen molar-refractivity contribution in [1.82, 2.24) is 9.88 Å². The van der Waals surface area contributed by atoms with Crippen molar-refractivity contribution in [3.63, 3.8) is 0 Å². The van der Waals surface area contributed by atoms with Gasteiger partial charge in [-0.1, -0.05) is 19.1 Å². The van der Waals surface area contributed by atoms with E-state index in [-0.39, 0.29) is 12.1 Å². The monoisotopic (exact) mass is 317 g/mol. The van der Waals surface area contributed by atoms with Crippen LogP contribution in [0.4, 0.5) is 10.5 Å². The molecule has 116 valence electrons. The molecular weight excluding hydrogens is 298 g/mol. The van der Waals surface area contributed by atoms with E-state index >= 15 is 0 Å². The van der Waals surface area contributed by atoms with Crippen LogP contribution in [-0.2, 0) is 4.74 Å². The number of hydrogen-bond donors (Lipinski definition) is 1. The molecule has 0 aliphatic carbocycles. The standard InChI is InChI=1S/C16H19N3O2S/c1-2-14-11-21-8-7-19(14)16(20)18-13-5-3-4-12(10-13)15-17-6-9-22-15/h3-6,9-10,14H,2,7-8,11H2,1H3,(H,18,20)/t14-/m1/s1. The Morgan fingerprint density at radius 2 is 2.45 bits per heavy atom. The van der Waals surface area contributed by atoms with E-state index in [0.29, 0.717) is 19.8 Å². The van der Waals surface area contributed by atoms with E-state index in [4.69, 9.17) is 4.74 Å². The van der Waals surface area contributed by atoms with Crippen molar-refractivity contribution in [2.45, 2.75) is 19.4 Å². The molecule has 0 spiro atoms. The molecule has 1 saturated heterocycles. The molecule has 1 atom stereocenters. The van der Waals surface area contributed by atoms with E-state index in [1.807, 2.05) is 34.5 Å². The first-order chi connectivity index (χ1) is 10.8. The minimum absolute atomic E-state index is 0.0635. The molecule has 22 heavy (non-hydrogen) atoms. The maximum absolute atomic E-state index is 12.5. The molecule has 3 rings (SSSR count). The van der Waals surface area contributed by atoms with Gasteiger partial charge in [-0.05, 0) is 18.6 Å². The first-order valence-corrected chi connectivity index (χ1v) is 8.31. The lowest BCUT2D eigenvalue weighted by Crippen LogP contribution is -2.50. The van der Waals surface area contributed by atoms with Crippen LogP contribution in [0, 0.1) is 0 Å². The van der Waals surface area contributed by atoms with E-state index in [0.717, 1.165) is 22.7 Å². The number of carbonyl (C=O) groups excluding carboxylic acids is 1. The second-order valence-electron chi connectivity index (χ2n) is 5.18. The first kappa shape index (κ1) is 15.0. The number of thiazole rings is 1. The summed E-state index contributed by atoms with van der Waals surface area (Å²) in [6.07, 6.45) is 2.68. The maximum atomic E-state index is 12.5. The molecule has 0 bridgehead atoms. The predicted molar refractivity (Wildman–Crippen MR) is 88.2 cm³/mol. The molecule has 6 heteroatoms. The normalized spacial score (nSPS) is 18.2. The van der Waals surface area contributed by atoms with Gasteiger partial charge in [0.15, 0.2) is 0 Å². The van der Waals surface area contributed by atoms with E-state index in [2.05, 4.69) is 17.2 Å². The molecule has 0 unspecified atom stereocenters. The summed E-state index contributed by atoms with van der Waals surface area (Å²) in [4.78, 5) is 18.6. The number of morpholine rings is 1. The van der Waals surface area contributed by atoms with Crippen LogP contribution in [0.15, 0.2) is 35.8 Å². The Hall–Kier alpha value is -1.92. The van der Waals surface area contributed by atoms with Gasteiger partial charge in [-0.2, -0.15) is 0 Å². The van der Waals surface area contributed by atoms with Gasteiger partial charge in [0.1, 0.15) is 5.01 Å². The fourth-order valence-electron chi connectivity index (χ4n) is 2.55. The van der Waals surface area contributed by atoms with Gasteiger partial charge in [-0.15, -0.1) is 11.3 Å². The van der Waals surface area contributed by atoms with Gasteiger partial charge in [0, 0.05) is 29.4 Å². The Balaban J connectivity index is 1.72. The predicted octanol–water partition coefficient (Wildman–Crippen LogP) is 3.45. The van der Waals surface area contributed by atoms with E-state index in [9.17, 15) is 4.79 Å². The third-order valence-corrected chi connectivity index (χ3v) is 4.57. The number of anilines is 1. The fourth-order valence-corrected chi connectivity index (χ4v) is 3.19. The van der Waals surface area contributed by atoms with Crippen molar-refractivity contribution in [3.8, 4) is 10.6 Å². The molecule has 1 aliphatic heterocycles. The largest absolute Gasteiger partial charge is 0.377 e. The van der Waals surface area contributed by atoms with E-state index in [1.165, 1.54) is 0 Å². The summed E-state index contributed by atoms with van der Waals surface area (Å²) in [5.74, 6) is 0. The number of aromatic nitrogens is 1. The summed E-state index contributed by atoms with van der Waals surface area (Å²) < 4.78 is 5.44. The van der Waals surface area contributed by atoms with Crippen molar-refractivity contribution < 1.29 is 9.53 Å². The highest BCUT2D eigenvalue weighted by Crippen LogP contribution is 2.24. The highest BCUT2D eigenvalue weighted by Gasteiger charge is 2.25. The van der Waals surface area contributed by atoms with Gasteiger partial charge >= 0.3 is 6.03 Å². The molecule has 2 heterocycles. The van der Waals surface area contributed by atoms with Crippen molar-refractivity contribution in [2.75, 3.05) is 25.1 Å². The number of nitrogens with zero attached hydrogens (tertiary/aromatic N) is 2. The lowest BCUT2D eigenvalue weighted by atomic mass is 10.2. The van der Waals surface area contributed by atoms with Crippen molar-refractivity contribution in [2.24, 2.45) is 0 Å². The highest BCUT2D eigenvalue weighted by molar-refractivity contribution is 7.13. The number of hydrogen-bond acceptors (Lipinski definition) is 4. The minimum atomic E-state index is -0.0635. The van der Waals surface area contributed by atoms with Crippen LogP contribution < -0.4 is 5.32 Å². The van der Waals surface area contributed by atoms with Crippen molar-refractivity contribution in [1.29, 1.82) is 0 Å². The Morgan fingerprint density at radius 1 is 1.55 bits per heavy atom. The molecule has 5 nitrogen and oxygen atoms in total. The number of rotatable bonds is 3. The van der Waals surface area contributed by atoms with Crippen LogP contribution in [0.25, 0.3) is 10.6 Å². The lowest BCUT2D eigenvalue weighted by molar-refractivity contribution is 0.0144. The summed E-state index contributed by atoms with van der Waals surface area (Å²) in [6.45, 7) is 3.92. The zero-order valence-corrected chi connectivity index (χ0v) is 13.3. The summed E-state index contributed by atoms with van der Waals surface area (Å²) in [7, 11) is 0. The van der Waals surface area contributed by atoms with Gasteiger partial charge in [-0.3, -0.25) is 0 Å². The van der Waals surface area contributed by atoms with Gasteiger partial charge in [0.05, 0.1) is 19.3 Å². The molecule has 1 aliphatic rings. The molecule has 0 radical (unpaired) electrons. The number of nitrogens with one attached hydrogen (secondary N) is 1. The Morgan fingerprint density at radius 3 is 3.23 bits per heavy atom. The van der Waals surface area contributed by atoms with Crippen LogP contribution in [0.3, 0.4) is 0 Å². The van der Waals surface area contributed by atoms with Gasteiger partial charge < -0.3 is 15.0 Å². The zero-order valence-electron chi connectivity index (χ0n) is 12.5. The third-order valence-electron chi connectivity index (χ3n) is 3.75. The molecule has 1 aromatic carbocycles. The SMILES string of the molecule is CC[C@@H]1COCCN1C(=O)Nc1cccc(-c2nccs2)c1. The summed E-state index contributed by atoms with van der Waals surface area (Å²) in [5, 5.41) is 5.88. The molecule has 1 fully saturated rings. The maximum Gasteiger partial charge on any atom is 0.322 e. The minimum Gasteiger partial charge on any atom is -0.377 e. The van der Waals surface area contributed by atoms with Crippen LogP contribution in [-0.4, -0.2) is 41.7 Å². The molecular formula is C16H19N3O2S. The highest BCUT2D eigenvalue weighted by atomic mass is 32.1. The van der Waals surface area contributed by atoms with Crippen molar-refractivity contribution >= 4 is 23.1 Å². The van der Waals surface area contributed by atoms with Crippen LogP contribution in [0.5, 0.6) is 0 Å². The first-order valence-electron chi connectivity index (χ1n) is 7.43.